The molecule has 0 spiro atoms. The summed E-state index contributed by atoms with van der Waals surface area (Å²) in [6, 6.07) is 10.8. The predicted molar refractivity (Wildman–Crippen MR) is 90.0 cm³/mol. The van der Waals surface area contributed by atoms with Crippen LogP contribution in [0.1, 0.15) is 21.5 Å². The van der Waals surface area contributed by atoms with Crippen LogP contribution < -0.4 is 15.4 Å². The van der Waals surface area contributed by atoms with Crippen LogP contribution >= 0.6 is 0 Å². The molecule has 5 nitrogen and oxygen atoms in total. The number of aryl methyl sites for hydroxylation is 1. The van der Waals surface area contributed by atoms with Gasteiger partial charge in [-0.1, -0.05) is 12.1 Å². The van der Waals surface area contributed by atoms with E-state index in [4.69, 9.17) is 0 Å². The third-order valence-electron chi connectivity index (χ3n) is 3.63. The van der Waals surface area contributed by atoms with E-state index in [1.54, 1.807) is 6.07 Å². The summed E-state index contributed by atoms with van der Waals surface area (Å²) in [6.07, 6.45) is 0. The fourth-order valence-electron chi connectivity index (χ4n) is 2.13. The number of carbonyl (C=O) groups excluding carboxylic acids is 2. The number of alkyl halides is 2. The molecule has 0 aliphatic rings. The van der Waals surface area contributed by atoms with Gasteiger partial charge in [0.2, 0.25) is 5.91 Å². The van der Waals surface area contributed by atoms with E-state index in [-0.39, 0.29) is 23.8 Å². The number of hydrogen-bond donors (Lipinski definition) is 2. The van der Waals surface area contributed by atoms with Crippen LogP contribution in [0.5, 0.6) is 5.75 Å². The molecular formula is C18H18F2N2O3. The zero-order valence-corrected chi connectivity index (χ0v) is 13.8. The zero-order chi connectivity index (χ0) is 18.4. The first-order valence-corrected chi connectivity index (χ1v) is 7.56. The number of ether oxygens (including phenoxy) is 1. The van der Waals surface area contributed by atoms with Gasteiger partial charge in [0.1, 0.15) is 5.75 Å². The molecule has 0 aromatic heterocycles. The Kier molecular flexibility index (Phi) is 6.05. The number of nitrogens with one attached hydrogen (secondary N) is 2. The Balaban J connectivity index is 1.88. The molecule has 0 aliphatic heterocycles. The molecule has 2 rings (SSSR count). The fraction of sp³-hybridized carbons (Fsp3) is 0.222. The van der Waals surface area contributed by atoms with Gasteiger partial charge in [0.15, 0.2) is 0 Å². The standard InChI is InChI=1S/C18H18F2N2O3/c1-11-4-3-5-15(12(11)2)22-16(23)10-21-17(24)13-6-8-14(9-7-13)25-18(19)20/h3-9,18H,10H2,1-2H3,(H,21,24)(H,22,23). The number of anilines is 1. The second-order valence-corrected chi connectivity index (χ2v) is 5.38. The van der Waals surface area contributed by atoms with E-state index in [0.717, 1.165) is 11.1 Å². The highest BCUT2D eigenvalue weighted by molar-refractivity contribution is 5.99. The van der Waals surface area contributed by atoms with E-state index in [0.29, 0.717) is 5.69 Å². The molecule has 2 aromatic rings. The molecule has 0 saturated carbocycles. The summed E-state index contributed by atoms with van der Waals surface area (Å²) >= 11 is 0. The van der Waals surface area contributed by atoms with Gasteiger partial charge in [-0.15, -0.1) is 0 Å². The lowest BCUT2D eigenvalue weighted by atomic mass is 10.1. The number of halogens is 2. The molecule has 0 radical (unpaired) electrons. The minimum Gasteiger partial charge on any atom is -0.435 e. The van der Waals surface area contributed by atoms with Crippen LogP contribution in [0.15, 0.2) is 42.5 Å². The molecule has 0 aliphatic carbocycles. The lowest BCUT2D eigenvalue weighted by molar-refractivity contribution is -0.115. The van der Waals surface area contributed by atoms with Gasteiger partial charge < -0.3 is 15.4 Å². The first kappa shape index (κ1) is 18.4. The van der Waals surface area contributed by atoms with E-state index < -0.39 is 12.5 Å². The van der Waals surface area contributed by atoms with Crippen molar-refractivity contribution in [2.24, 2.45) is 0 Å². The monoisotopic (exact) mass is 348 g/mol. The summed E-state index contributed by atoms with van der Waals surface area (Å²) in [5.74, 6) is -0.890. The SMILES string of the molecule is Cc1cccc(NC(=O)CNC(=O)c2ccc(OC(F)F)cc2)c1C. The van der Waals surface area contributed by atoms with Crippen LogP contribution in [0.25, 0.3) is 0 Å². The van der Waals surface area contributed by atoms with Gasteiger partial charge in [0.25, 0.3) is 5.91 Å². The predicted octanol–water partition coefficient (Wildman–Crippen LogP) is 3.27. The van der Waals surface area contributed by atoms with Crippen LogP contribution in [0, 0.1) is 13.8 Å². The van der Waals surface area contributed by atoms with E-state index in [2.05, 4.69) is 15.4 Å². The van der Waals surface area contributed by atoms with Crippen molar-refractivity contribution in [1.82, 2.24) is 5.32 Å². The Morgan fingerprint density at radius 2 is 1.76 bits per heavy atom. The van der Waals surface area contributed by atoms with Gasteiger partial charge in [0, 0.05) is 11.3 Å². The van der Waals surface area contributed by atoms with Crippen molar-refractivity contribution in [3.8, 4) is 5.75 Å². The Bertz CT molecular complexity index is 761. The molecule has 2 N–H and O–H groups in total. The lowest BCUT2D eigenvalue weighted by Gasteiger charge is -2.11. The van der Waals surface area contributed by atoms with Crippen LogP contribution in [-0.2, 0) is 4.79 Å². The quantitative estimate of drug-likeness (QED) is 0.842. The molecule has 0 bridgehead atoms. The molecule has 132 valence electrons. The van der Waals surface area contributed by atoms with Crippen molar-refractivity contribution >= 4 is 17.5 Å². The second kappa shape index (κ2) is 8.23. The summed E-state index contributed by atoms with van der Waals surface area (Å²) in [5, 5.41) is 5.20. The average Bonchev–Trinajstić information content (AvgIpc) is 2.57. The van der Waals surface area contributed by atoms with E-state index in [9.17, 15) is 18.4 Å². The maximum absolute atomic E-state index is 12.1. The molecular weight excluding hydrogens is 330 g/mol. The second-order valence-electron chi connectivity index (χ2n) is 5.38. The summed E-state index contributed by atoms with van der Waals surface area (Å²) in [7, 11) is 0. The maximum atomic E-state index is 12.1. The molecule has 7 heteroatoms. The first-order chi connectivity index (χ1) is 11.9. The Morgan fingerprint density at radius 3 is 2.40 bits per heavy atom. The Morgan fingerprint density at radius 1 is 1.08 bits per heavy atom. The summed E-state index contributed by atoms with van der Waals surface area (Å²) in [6.45, 7) is 0.704. The number of amides is 2. The van der Waals surface area contributed by atoms with Gasteiger partial charge in [0.05, 0.1) is 6.54 Å². The first-order valence-electron chi connectivity index (χ1n) is 7.56. The van der Waals surface area contributed by atoms with Crippen molar-refractivity contribution in [3.63, 3.8) is 0 Å². The average molecular weight is 348 g/mol. The zero-order valence-electron chi connectivity index (χ0n) is 13.8. The van der Waals surface area contributed by atoms with Crippen LogP contribution in [-0.4, -0.2) is 25.0 Å². The summed E-state index contributed by atoms with van der Waals surface area (Å²) in [4.78, 5) is 23.9. The molecule has 0 fully saturated rings. The summed E-state index contributed by atoms with van der Waals surface area (Å²) in [5.41, 5.74) is 2.93. The third kappa shape index (κ3) is 5.27. The van der Waals surface area contributed by atoms with Gasteiger partial charge in [-0.05, 0) is 55.3 Å². The van der Waals surface area contributed by atoms with Gasteiger partial charge >= 0.3 is 6.61 Å². The minimum absolute atomic E-state index is 0.0424. The molecule has 2 amide bonds. The highest BCUT2D eigenvalue weighted by Crippen LogP contribution is 2.18. The molecule has 2 aromatic carbocycles. The van der Waals surface area contributed by atoms with Crippen molar-refractivity contribution in [3.05, 3.63) is 59.2 Å². The highest BCUT2D eigenvalue weighted by Gasteiger charge is 2.11. The van der Waals surface area contributed by atoms with Crippen LogP contribution in [0.4, 0.5) is 14.5 Å². The Labute approximate surface area is 144 Å². The van der Waals surface area contributed by atoms with Crippen LogP contribution in [0.3, 0.4) is 0 Å². The largest absolute Gasteiger partial charge is 0.435 e. The number of rotatable bonds is 6. The third-order valence-corrected chi connectivity index (χ3v) is 3.63. The van der Waals surface area contributed by atoms with Crippen molar-refractivity contribution in [2.45, 2.75) is 20.5 Å². The van der Waals surface area contributed by atoms with Crippen molar-refractivity contribution < 1.29 is 23.1 Å². The molecule has 0 atom stereocenters. The minimum atomic E-state index is -2.92. The maximum Gasteiger partial charge on any atom is 0.387 e. The smallest absolute Gasteiger partial charge is 0.387 e. The van der Waals surface area contributed by atoms with Crippen molar-refractivity contribution in [1.29, 1.82) is 0 Å². The van der Waals surface area contributed by atoms with E-state index >= 15 is 0 Å². The van der Waals surface area contributed by atoms with Crippen LogP contribution in [0.2, 0.25) is 0 Å². The Hall–Kier alpha value is -2.96. The van der Waals surface area contributed by atoms with Gasteiger partial charge in [-0.2, -0.15) is 8.78 Å². The number of benzene rings is 2. The van der Waals surface area contributed by atoms with Gasteiger partial charge in [-0.25, -0.2) is 0 Å². The summed E-state index contributed by atoms with van der Waals surface area (Å²) < 4.78 is 28.4. The van der Waals surface area contributed by atoms with E-state index in [1.165, 1.54) is 24.3 Å². The van der Waals surface area contributed by atoms with Gasteiger partial charge in [-0.3, -0.25) is 9.59 Å². The normalized spacial score (nSPS) is 10.4. The molecule has 0 unspecified atom stereocenters. The van der Waals surface area contributed by atoms with Crippen molar-refractivity contribution in [2.75, 3.05) is 11.9 Å². The lowest BCUT2D eigenvalue weighted by Crippen LogP contribution is -2.33. The fourth-order valence-corrected chi connectivity index (χ4v) is 2.13. The molecule has 0 saturated heterocycles. The topological polar surface area (TPSA) is 67.4 Å². The number of carbonyl (C=O) groups is 2. The highest BCUT2D eigenvalue weighted by atomic mass is 19.3. The van der Waals surface area contributed by atoms with E-state index in [1.807, 2.05) is 26.0 Å². The molecule has 0 heterocycles. The molecule has 25 heavy (non-hydrogen) atoms. The number of hydrogen-bond acceptors (Lipinski definition) is 3.